The van der Waals surface area contributed by atoms with Gasteiger partial charge in [0.1, 0.15) is 11.5 Å². The minimum absolute atomic E-state index is 0.286. The summed E-state index contributed by atoms with van der Waals surface area (Å²) in [5.74, 6) is 1.79. The quantitative estimate of drug-likeness (QED) is 0.421. The monoisotopic (exact) mass is 387 g/mol. The molecule has 1 aromatic heterocycles. The summed E-state index contributed by atoms with van der Waals surface area (Å²) in [6, 6.07) is 12.9. The van der Waals surface area contributed by atoms with Crippen LogP contribution in [0.2, 0.25) is 0 Å². The Hall–Kier alpha value is -2.74. The van der Waals surface area contributed by atoms with E-state index < -0.39 is 0 Å². The summed E-state index contributed by atoms with van der Waals surface area (Å²) in [6.45, 7) is 2.00. The minimum atomic E-state index is 0.286. The number of hydrogen-bond donors (Lipinski definition) is 1. The molecular weight excluding hydrogens is 374 g/mol. The van der Waals surface area contributed by atoms with Gasteiger partial charge in [0, 0.05) is 17.1 Å². The Bertz CT molecular complexity index is 890. The van der Waals surface area contributed by atoms with E-state index in [1.165, 1.54) is 4.68 Å². The second kappa shape index (κ2) is 6.79. The molecular formula is C16H14BrN5O2. The predicted octanol–water partition coefficient (Wildman–Crippen LogP) is 3.30. The summed E-state index contributed by atoms with van der Waals surface area (Å²) in [5.41, 5.74) is 2.05. The number of nitrogens with zero attached hydrogens (tertiary/aromatic N) is 5. The fraction of sp³-hybridized carbons (Fsp3) is 0.125. The molecule has 8 heteroatoms. The van der Waals surface area contributed by atoms with Crippen LogP contribution < -0.4 is 4.74 Å². The fourth-order valence-corrected chi connectivity index (χ4v) is 2.41. The smallest absolute Gasteiger partial charge is 0.204 e. The highest BCUT2D eigenvalue weighted by Gasteiger charge is 2.14. The van der Waals surface area contributed by atoms with E-state index in [1.807, 2.05) is 25.1 Å². The Morgan fingerprint density at radius 1 is 1.17 bits per heavy atom. The lowest BCUT2D eigenvalue weighted by Gasteiger charge is -2.08. The maximum atomic E-state index is 9.28. The summed E-state index contributed by atoms with van der Waals surface area (Å²) >= 11 is 3.46. The first-order valence-electron chi connectivity index (χ1n) is 7.07. The summed E-state index contributed by atoms with van der Waals surface area (Å²) in [5, 5.41) is 23.7. The van der Waals surface area contributed by atoms with Gasteiger partial charge in [0.05, 0.1) is 0 Å². The van der Waals surface area contributed by atoms with Crippen LogP contribution in [0.3, 0.4) is 0 Å². The van der Waals surface area contributed by atoms with Crippen LogP contribution in [0, 0.1) is 6.92 Å². The molecule has 2 aromatic carbocycles. The lowest BCUT2D eigenvalue weighted by atomic mass is 10.1. The molecule has 0 spiro atoms. The largest absolute Gasteiger partial charge is 0.457 e. The molecule has 0 atom stereocenters. The standard InChI is InChI=1S/C16H14BrN5O2/c1-10-9-13(7-8-14(10)17)24-12-5-3-11(4-6-12)15(19-23)16-18-20-21-22(16)2/h3-9,23H,1-2H3/b19-15-. The van der Waals surface area contributed by atoms with Crippen LogP contribution in [0.25, 0.3) is 0 Å². The first kappa shape index (κ1) is 16.1. The number of ether oxygens (including phenoxy) is 1. The first-order chi connectivity index (χ1) is 11.6. The molecule has 0 amide bonds. The molecule has 0 fully saturated rings. The zero-order chi connectivity index (χ0) is 17.1. The first-order valence-corrected chi connectivity index (χ1v) is 7.87. The van der Waals surface area contributed by atoms with E-state index >= 15 is 0 Å². The Balaban J connectivity index is 1.82. The van der Waals surface area contributed by atoms with E-state index in [9.17, 15) is 5.21 Å². The highest BCUT2D eigenvalue weighted by atomic mass is 79.9. The van der Waals surface area contributed by atoms with Gasteiger partial charge in [-0.05, 0) is 65.4 Å². The van der Waals surface area contributed by atoms with Gasteiger partial charge in [-0.3, -0.25) is 0 Å². The van der Waals surface area contributed by atoms with Crippen molar-refractivity contribution in [3.63, 3.8) is 0 Å². The highest BCUT2D eigenvalue weighted by Crippen LogP contribution is 2.26. The van der Waals surface area contributed by atoms with Crippen LogP contribution in [0.5, 0.6) is 11.5 Å². The number of aromatic nitrogens is 4. The fourth-order valence-electron chi connectivity index (χ4n) is 2.16. The lowest BCUT2D eigenvalue weighted by Crippen LogP contribution is -2.11. The maximum Gasteiger partial charge on any atom is 0.204 e. The van der Waals surface area contributed by atoms with Gasteiger partial charge in [-0.1, -0.05) is 21.1 Å². The van der Waals surface area contributed by atoms with Gasteiger partial charge in [-0.2, -0.15) is 0 Å². The van der Waals surface area contributed by atoms with E-state index in [1.54, 1.807) is 31.3 Å². The van der Waals surface area contributed by atoms with Crippen molar-refractivity contribution in [3.05, 3.63) is 63.9 Å². The molecule has 3 rings (SSSR count). The third-order valence-electron chi connectivity index (χ3n) is 3.42. The Morgan fingerprint density at radius 2 is 1.88 bits per heavy atom. The van der Waals surface area contributed by atoms with Gasteiger partial charge in [-0.15, -0.1) is 5.10 Å². The van der Waals surface area contributed by atoms with Crippen LogP contribution in [0.15, 0.2) is 52.1 Å². The minimum Gasteiger partial charge on any atom is -0.457 e. The molecule has 0 unspecified atom stereocenters. The normalized spacial score (nSPS) is 11.5. The van der Waals surface area contributed by atoms with Crippen molar-refractivity contribution in [3.8, 4) is 11.5 Å². The van der Waals surface area contributed by atoms with E-state index in [-0.39, 0.29) is 5.71 Å². The van der Waals surface area contributed by atoms with Crippen molar-refractivity contribution in [2.45, 2.75) is 6.92 Å². The number of oxime groups is 1. The average molecular weight is 388 g/mol. The van der Waals surface area contributed by atoms with Crippen LogP contribution in [-0.4, -0.2) is 31.1 Å². The van der Waals surface area contributed by atoms with Gasteiger partial charge in [-0.25, -0.2) is 4.68 Å². The predicted molar refractivity (Wildman–Crippen MR) is 91.6 cm³/mol. The maximum absolute atomic E-state index is 9.28. The summed E-state index contributed by atoms with van der Waals surface area (Å²) in [4.78, 5) is 0. The van der Waals surface area contributed by atoms with E-state index in [2.05, 4.69) is 36.6 Å². The van der Waals surface area contributed by atoms with Crippen molar-refractivity contribution in [2.75, 3.05) is 0 Å². The topological polar surface area (TPSA) is 85.4 Å². The Kier molecular flexibility index (Phi) is 4.57. The van der Waals surface area contributed by atoms with Gasteiger partial charge in [0.2, 0.25) is 5.82 Å². The van der Waals surface area contributed by atoms with Crippen LogP contribution in [0.4, 0.5) is 0 Å². The molecule has 1 heterocycles. The summed E-state index contributed by atoms with van der Waals surface area (Å²) in [7, 11) is 1.67. The third-order valence-corrected chi connectivity index (χ3v) is 4.31. The Morgan fingerprint density at radius 3 is 2.46 bits per heavy atom. The van der Waals surface area contributed by atoms with E-state index in [4.69, 9.17) is 4.74 Å². The number of rotatable bonds is 4. The van der Waals surface area contributed by atoms with Crippen molar-refractivity contribution < 1.29 is 9.94 Å². The van der Waals surface area contributed by atoms with Gasteiger partial charge in [0.15, 0.2) is 5.71 Å². The molecule has 7 nitrogen and oxygen atoms in total. The second-order valence-electron chi connectivity index (χ2n) is 5.11. The molecule has 0 aliphatic carbocycles. The molecule has 3 aromatic rings. The number of aryl methyl sites for hydroxylation is 2. The summed E-state index contributed by atoms with van der Waals surface area (Å²) in [6.07, 6.45) is 0. The van der Waals surface area contributed by atoms with Crippen molar-refractivity contribution >= 4 is 21.6 Å². The number of benzene rings is 2. The van der Waals surface area contributed by atoms with Gasteiger partial charge >= 0.3 is 0 Å². The number of tetrazole rings is 1. The molecule has 0 radical (unpaired) electrons. The van der Waals surface area contributed by atoms with Crippen molar-refractivity contribution in [1.29, 1.82) is 0 Å². The van der Waals surface area contributed by atoms with Gasteiger partial charge < -0.3 is 9.94 Å². The Labute approximate surface area is 146 Å². The lowest BCUT2D eigenvalue weighted by molar-refractivity contribution is 0.319. The molecule has 0 bridgehead atoms. The van der Waals surface area contributed by atoms with Crippen molar-refractivity contribution in [1.82, 2.24) is 20.2 Å². The third kappa shape index (κ3) is 3.28. The average Bonchev–Trinajstić information content (AvgIpc) is 2.99. The molecule has 0 saturated carbocycles. The van der Waals surface area contributed by atoms with E-state index in [0.29, 0.717) is 17.1 Å². The second-order valence-corrected chi connectivity index (χ2v) is 5.97. The van der Waals surface area contributed by atoms with Crippen molar-refractivity contribution in [2.24, 2.45) is 12.2 Å². The molecule has 24 heavy (non-hydrogen) atoms. The zero-order valence-electron chi connectivity index (χ0n) is 13.0. The number of hydrogen-bond acceptors (Lipinski definition) is 6. The summed E-state index contributed by atoms with van der Waals surface area (Å²) < 4.78 is 8.30. The van der Waals surface area contributed by atoms with Crippen LogP contribution in [-0.2, 0) is 7.05 Å². The highest BCUT2D eigenvalue weighted by molar-refractivity contribution is 9.10. The van der Waals surface area contributed by atoms with Crippen LogP contribution in [0.1, 0.15) is 17.0 Å². The van der Waals surface area contributed by atoms with Crippen LogP contribution >= 0.6 is 15.9 Å². The molecule has 122 valence electrons. The van der Waals surface area contributed by atoms with Gasteiger partial charge in [0.25, 0.3) is 0 Å². The molecule has 0 aliphatic heterocycles. The molecule has 0 aliphatic rings. The molecule has 0 saturated heterocycles. The number of halogens is 1. The molecule has 1 N–H and O–H groups in total. The zero-order valence-corrected chi connectivity index (χ0v) is 14.6. The SMILES string of the molecule is Cc1cc(Oc2ccc(/C(=N/O)c3nnnn3C)cc2)ccc1Br. The van der Waals surface area contributed by atoms with E-state index in [0.717, 1.165) is 15.8 Å².